The SMILES string of the molecule is CN(O)C(=O)c1ccc(Br)cn1. The summed E-state index contributed by atoms with van der Waals surface area (Å²) in [6, 6.07) is 3.21. The first-order valence-corrected chi connectivity index (χ1v) is 3.99. The Labute approximate surface area is 77.9 Å². The monoisotopic (exact) mass is 230 g/mol. The zero-order valence-corrected chi connectivity index (χ0v) is 7.95. The number of amides is 1. The van der Waals surface area contributed by atoms with Gasteiger partial charge in [-0.2, -0.15) is 0 Å². The maximum Gasteiger partial charge on any atom is 0.295 e. The molecule has 0 atom stereocenters. The summed E-state index contributed by atoms with van der Waals surface area (Å²) in [4.78, 5) is 14.9. The lowest BCUT2D eigenvalue weighted by Gasteiger charge is -2.06. The number of carbonyl (C=O) groups is 1. The van der Waals surface area contributed by atoms with E-state index < -0.39 is 5.91 Å². The van der Waals surface area contributed by atoms with Gasteiger partial charge in [0.2, 0.25) is 0 Å². The number of pyridine rings is 1. The number of nitrogens with zero attached hydrogens (tertiary/aromatic N) is 2. The topological polar surface area (TPSA) is 53.4 Å². The predicted octanol–water partition coefficient (Wildman–Crippen LogP) is 1.31. The van der Waals surface area contributed by atoms with E-state index in [-0.39, 0.29) is 5.69 Å². The Kier molecular flexibility index (Phi) is 2.78. The smallest absolute Gasteiger partial charge is 0.286 e. The Balaban J connectivity index is 2.90. The molecule has 0 aliphatic rings. The summed E-state index contributed by atoms with van der Waals surface area (Å²) in [5.74, 6) is -0.525. The molecule has 4 nitrogen and oxygen atoms in total. The molecule has 64 valence electrons. The van der Waals surface area contributed by atoms with Gasteiger partial charge < -0.3 is 0 Å². The van der Waals surface area contributed by atoms with Crippen LogP contribution in [0.5, 0.6) is 0 Å². The van der Waals surface area contributed by atoms with Crippen LogP contribution in [0.3, 0.4) is 0 Å². The van der Waals surface area contributed by atoms with Crippen LogP contribution in [0.1, 0.15) is 10.5 Å². The van der Waals surface area contributed by atoms with Gasteiger partial charge >= 0.3 is 0 Å². The van der Waals surface area contributed by atoms with Crippen molar-refractivity contribution in [2.45, 2.75) is 0 Å². The molecule has 1 aromatic heterocycles. The average molecular weight is 231 g/mol. The summed E-state index contributed by atoms with van der Waals surface area (Å²) in [6.45, 7) is 0. The lowest BCUT2D eigenvalue weighted by atomic mass is 10.3. The molecule has 1 amide bonds. The Morgan fingerprint density at radius 1 is 1.67 bits per heavy atom. The van der Waals surface area contributed by atoms with Crippen LogP contribution in [0.15, 0.2) is 22.8 Å². The number of carbonyl (C=O) groups excluding carboxylic acids is 1. The Bertz CT molecular complexity index is 284. The van der Waals surface area contributed by atoms with Gasteiger partial charge in [-0.3, -0.25) is 10.0 Å². The van der Waals surface area contributed by atoms with Gasteiger partial charge in [-0.05, 0) is 28.1 Å². The normalized spacial score (nSPS) is 9.58. The van der Waals surface area contributed by atoms with Crippen molar-refractivity contribution in [3.63, 3.8) is 0 Å². The van der Waals surface area contributed by atoms with E-state index in [0.29, 0.717) is 5.06 Å². The van der Waals surface area contributed by atoms with Crippen molar-refractivity contribution < 1.29 is 10.0 Å². The first kappa shape index (κ1) is 9.15. The van der Waals surface area contributed by atoms with Crippen LogP contribution in [-0.4, -0.2) is 28.2 Å². The Hall–Kier alpha value is -0.940. The molecule has 0 spiro atoms. The highest BCUT2D eigenvalue weighted by molar-refractivity contribution is 9.10. The third kappa shape index (κ3) is 2.02. The molecule has 1 rings (SSSR count). The first-order chi connectivity index (χ1) is 5.61. The molecule has 1 heterocycles. The molecule has 0 fully saturated rings. The maximum atomic E-state index is 11.1. The number of aromatic nitrogens is 1. The summed E-state index contributed by atoms with van der Waals surface area (Å²) < 4.78 is 0.791. The molecule has 1 aromatic rings. The molecule has 0 bridgehead atoms. The third-order valence-electron chi connectivity index (χ3n) is 1.24. The first-order valence-electron chi connectivity index (χ1n) is 3.20. The van der Waals surface area contributed by atoms with Crippen molar-refractivity contribution in [1.29, 1.82) is 0 Å². The van der Waals surface area contributed by atoms with Crippen molar-refractivity contribution in [2.24, 2.45) is 0 Å². The molecule has 0 aromatic carbocycles. The highest BCUT2D eigenvalue weighted by atomic mass is 79.9. The predicted molar refractivity (Wildman–Crippen MR) is 45.8 cm³/mol. The van der Waals surface area contributed by atoms with E-state index in [1.165, 1.54) is 19.3 Å². The average Bonchev–Trinajstić information content (AvgIpc) is 2.04. The molecule has 0 aliphatic heterocycles. The zero-order chi connectivity index (χ0) is 9.14. The Morgan fingerprint density at radius 2 is 2.33 bits per heavy atom. The van der Waals surface area contributed by atoms with Gasteiger partial charge in [0.1, 0.15) is 5.69 Å². The van der Waals surface area contributed by atoms with Crippen molar-refractivity contribution in [3.05, 3.63) is 28.5 Å². The van der Waals surface area contributed by atoms with Crippen molar-refractivity contribution in [3.8, 4) is 0 Å². The molecule has 0 radical (unpaired) electrons. The minimum atomic E-state index is -0.525. The van der Waals surface area contributed by atoms with Crippen LogP contribution in [0.2, 0.25) is 0 Å². The lowest BCUT2D eigenvalue weighted by Crippen LogP contribution is -2.23. The highest BCUT2D eigenvalue weighted by Gasteiger charge is 2.09. The lowest BCUT2D eigenvalue weighted by molar-refractivity contribution is -0.0379. The number of hydroxylamine groups is 2. The number of rotatable bonds is 1. The molecular weight excluding hydrogens is 224 g/mol. The van der Waals surface area contributed by atoms with Gasteiger partial charge in [-0.1, -0.05) is 0 Å². The van der Waals surface area contributed by atoms with Gasteiger partial charge in [-0.25, -0.2) is 10.0 Å². The number of hydrogen-bond donors (Lipinski definition) is 1. The van der Waals surface area contributed by atoms with E-state index in [1.54, 1.807) is 6.07 Å². The van der Waals surface area contributed by atoms with Gasteiger partial charge in [0.05, 0.1) is 0 Å². The van der Waals surface area contributed by atoms with Crippen LogP contribution < -0.4 is 0 Å². The van der Waals surface area contributed by atoms with E-state index in [9.17, 15) is 4.79 Å². The van der Waals surface area contributed by atoms with E-state index in [0.717, 1.165) is 4.47 Å². The van der Waals surface area contributed by atoms with Gasteiger partial charge in [-0.15, -0.1) is 0 Å². The van der Waals surface area contributed by atoms with E-state index in [4.69, 9.17) is 5.21 Å². The fourth-order valence-electron chi connectivity index (χ4n) is 0.668. The van der Waals surface area contributed by atoms with E-state index >= 15 is 0 Å². The van der Waals surface area contributed by atoms with Crippen molar-refractivity contribution in [1.82, 2.24) is 10.0 Å². The summed E-state index contributed by atoms with van der Waals surface area (Å²) in [5.41, 5.74) is 0.211. The third-order valence-corrected chi connectivity index (χ3v) is 1.71. The van der Waals surface area contributed by atoms with Crippen LogP contribution in [0, 0.1) is 0 Å². The number of hydrogen-bond acceptors (Lipinski definition) is 3. The second-order valence-corrected chi connectivity index (χ2v) is 3.11. The van der Waals surface area contributed by atoms with Crippen LogP contribution in [0.25, 0.3) is 0 Å². The molecule has 1 N–H and O–H groups in total. The maximum absolute atomic E-state index is 11.1. The quantitative estimate of drug-likeness (QED) is 0.585. The summed E-state index contributed by atoms with van der Waals surface area (Å²) in [6.07, 6.45) is 1.50. The number of halogens is 1. The van der Waals surface area contributed by atoms with Gasteiger partial charge in [0.15, 0.2) is 0 Å². The second-order valence-electron chi connectivity index (χ2n) is 2.19. The summed E-state index contributed by atoms with van der Waals surface area (Å²) >= 11 is 3.18. The van der Waals surface area contributed by atoms with E-state index in [1.807, 2.05) is 0 Å². The second kappa shape index (κ2) is 3.64. The summed E-state index contributed by atoms with van der Waals surface area (Å²) in [5, 5.41) is 9.27. The van der Waals surface area contributed by atoms with E-state index in [2.05, 4.69) is 20.9 Å². The van der Waals surface area contributed by atoms with Crippen LogP contribution in [0.4, 0.5) is 0 Å². The molecule has 5 heteroatoms. The molecular formula is C7H7BrN2O2. The fourth-order valence-corrected chi connectivity index (χ4v) is 0.903. The van der Waals surface area contributed by atoms with Gasteiger partial charge in [0, 0.05) is 17.7 Å². The largest absolute Gasteiger partial charge is 0.295 e. The molecule has 0 saturated heterocycles. The van der Waals surface area contributed by atoms with Gasteiger partial charge in [0.25, 0.3) is 5.91 Å². The minimum absolute atomic E-state index is 0.211. The summed E-state index contributed by atoms with van der Waals surface area (Å²) in [7, 11) is 1.26. The molecule has 0 saturated carbocycles. The van der Waals surface area contributed by atoms with Crippen LogP contribution >= 0.6 is 15.9 Å². The zero-order valence-electron chi connectivity index (χ0n) is 6.36. The fraction of sp³-hybridized carbons (Fsp3) is 0.143. The Morgan fingerprint density at radius 3 is 2.75 bits per heavy atom. The van der Waals surface area contributed by atoms with Crippen molar-refractivity contribution >= 4 is 21.8 Å². The molecule has 12 heavy (non-hydrogen) atoms. The molecule has 0 unspecified atom stereocenters. The van der Waals surface area contributed by atoms with Crippen LogP contribution in [-0.2, 0) is 0 Å². The highest BCUT2D eigenvalue weighted by Crippen LogP contribution is 2.07. The minimum Gasteiger partial charge on any atom is -0.286 e. The van der Waals surface area contributed by atoms with Crippen molar-refractivity contribution in [2.75, 3.05) is 7.05 Å². The standard InChI is InChI=1S/C7H7BrN2O2/c1-10(12)7(11)6-3-2-5(8)4-9-6/h2-4,12H,1H3. The molecule has 0 aliphatic carbocycles.